The fourth-order valence-corrected chi connectivity index (χ4v) is 2.68. The number of hydrogen-bond acceptors (Lipinski definition) is 1. The lowest BCUT2D eigenvalue weighted by Gasteiger charge is -2.10. The van der Waals surface area contributed by atoms with Crippen molar-refractivity contribution in [3.8, 4) is 0 Å². The molecule has 0 unspecified atom stereocenters. The van der Waals surface area contributed by atoms with Crippen LogP contribution in [0.15, 0.2) is 59.2 Å². The van der Waals surface area contributed by atoms with Crippen molar-refractivity contribution in [1.29, 1.82) is 0 Å². The molecule has 18 heavy (non-hydrogen) atoms. The first-order chi connectivity index (χ1) is 8.75. The van der Waals surface area contributed by atoms with E-state index in [1.54, 1.807) is 0 Å². The molecule has 1 heterocycles. The van der Waals surface area contributed by atoms with Crippen LogP contribution < -0.4 is 5.43 Å². The first kappa shape index (κ1) is 11.6. The molecule has 0 fully saturated rings. The van der Waals surface area contributed by atoms with Crippen LogP contribution in [0.1, 0.15) is 0 Å². The zero-order valence-corrected chi connectivity index (χ0v) is 11.7. The SMILES string of the molecule is Clc1ccc(Br)c2c1ccn2Nc1ccccc1. The monoisotopic (exact) mass is 320 g/mol. The molecule has 0 saturated carbocycles. The second-order valence-electron chi connectivity index (χ2n) is 3.96. The van der Waals surface area contributed by atoms with E-state index in [-0.39, 0.29) is 0 Å². The maximum atomic E-state index is 6.18. The highest BCUT2D eigenvalue weighted by Gasteiger charge is 2.08. The number of nitrogens with zero attached hydrogens (tertiary/aromatic N) is 1. The van der Waals surface area contributed by atoms with Crippen LogP contribution in [-0.4, -0.2) is 4.68 Å². The smallest absolute Gasteiger partial charge is 0.0853 e. The van der Waals surface area contributed by atoms with Gasteiger partial charge in [-0.25, -0.2) is 0 Å². The molecule has 0 amide bonds. The Balaban J connectivity index is 2.11. The Kier molecular flexibility index (Phi) is 3.02. The summed E-state index contributed by atoms with van der Waals surface area (Å²) in [7, 11) is 0. The van der Waals surface area contributed by atoms with E-state index in [0.717, 1.165) is 26.1 Å². The van der Waals surface area contributed by atoms with Crippen LogP contribution in [0.3, 0.4) is 0 Å². The highest BCUT2D eigenvalue weighted by molar-refractivity contribution is 9.10. The van der Waals surface area contributed by atoms with Crippen molar-refractivity contribution in [2.75, 3.05) is 5.43 Å². The molecule has 0 aliphatic heterocycles. The lowest BCUT2D eigenvalue weighted by Crippen LogP contribution is -2.07. The highest BCUT2D eigenvalue weighted by Crippen LogP contribution is 2.30. The van der Waals surface area contributed by atoms with E-state index in [1.165, 1.54) is 0 Å². The summed E-state index contributed by atoms with van der Waals surface area (Å²) in [6.45, 7) is 0. The summed E-state index contributed by atoms with van der Waals surface area (Å²) in [5, 5.41) is 1.77. The van der Waals surface area contributed by atoms with Crippen LogP contribution in [0.4, 0.5) is 5.69 Å². The second kappa shape index (κ2) is 4.67. The minimum Gasteiger partial charge on any atom is -0.294 e. The second-order valence-corrected chi connectivity index (χ2v) is 5.22. The molecule has 2 aromatic carbocycles. The third kappa shape index (κ3) is 2.00. The van der Waals surface area contributed by atoms with Gasteiger partial charge in [-0.3, -0.25) is 10.1 Å². The molecule has 0 aliphatic carbocycles. The third-order valence-electron chi connectivity index (χ3n) is 2.77. The molecular formula is C14H10BrClN2. The van der Waals surface area contributed by atoms with E-state index >= 15 is 0 Å². The van der Waals surface area contributed by atoms with Gasteiger partial charge in [0.25, 0.3) is 0 Å². The van der Waals surface area contributed by atoms with Crippen molar-refractivity contribution in [3.63, 3.8) is 0 Å². The van der Waals surface area contributed by atoms with Gasteiger partial charge in [-0.2, -0.15) is 0 Å². The van der Waals surface area contributed by atoms with Crippen molar-refractivity contribution < 1.29 is 0 Å². The minimum atomic E-state index is 0.752. The van der Waals surface area contributed by atoms with Crippen molar-refractivity contribution >= 4 is 44.1 Å². The molecule has 0 aliphatic rings. The largest absolute Gasteiger partial charge is 0.294 e. The molecule has 0 saturated heterocycles. The molecule has 1 N–H and O–H groups in total. The molecule has 0 bridgehead atoms. The molecule has 0 radical (unpaired) electrons. The number of benzene rings is 2. The van der Waals surface area contributed by atoms with E-state index < -0.39 is 0 Å². The minimum absolute atomic E-state index is 0.752. The van der Waals surface area contributed by atoms with Gasteiger partial charge in [-0.05, 0) is 46.3 Å². The Labute approximate surface area is 118 Å². The highest BCUT2D eigenvalue weighted by atomic mass is 79.9. The molecule has 2 nitrogen and oxygen atoms in total. The van der Waals surface area contributed by atoms with Gasteiger partial charge in [-0.1, -0.05) is 29.8 Å². The fourth-order valence-electron chi connectivity index (χ4n) is 1.93. The third-order valence-corrected chi connectivity index (χ3v) is 3.74. The maximum absolute atomic E-state index is 6.18. The van der Waals surface area contributed by atoms with Crippen LogP contribution in [0, 0.1) is 0 Å². The number of para-hydroxylation sites is 1. The Morgan fingerprint density at radius 1 is 1.00 bits per heavy atom. The Hall–Kier alpha value is -1.45. The number of fused-ring (bicyclic) bond motifs is 1. The van der Waals surface area contributed by atoms with E-state index in [0.29, 0.717) is 0 Å². The molecule has 4 heteroatoms. The Bertz CT molecular complexity index is 692. The topological polar surface area (TPSA) is 17.0 Å². The predicted octanol–water partition coefficient (Wildman–Crippen LogP) is 4.93. The average Bonchev–Trinajstić information content (AvgIpc) is 2.80. The number of rotatable bonds is 2. The number of aromatic nitrogens is 1. The maximum Gasteiger partial charge on any atom is 0.0853 e. The van der Waals surface area contributed by atoms with Crippen LogP contribution in [0.2, 0.25) is 5.02 Å². The van der Waals surface area contributed by atoms with Crippen molar-refractivity contribution in [2.45, 2.75) is 0 Å². The van der Waals surface area contributed by atoms with Gasteiger partial charge in [-0.15, -0.1) is 0 Å². The molecule has 90 valence electrons. The zero-order valence-electron chi connectivity index (χ0n) is 9.40. The summed E-state index contributed by atoms with van der Waals surface area (Å²) in [4.78, 5) is 0. The van der Waals surface area contributed by atoms with E-state index in [2.05, 4.69) is 21.4 Å². The van der Waals surface area contributed by atoms with Gasteiger partial charge < -0.3 is 0 Å². The number of nitrogens with one attached hydrogen (secondary N) is 1. The van der Waals surface area contributed by atoms with Crippen molar-refractivity contribution in [3.05, 3.63) is 64.2 Å². The summed E-state index contributed by atoms with van der Waals surface area (Å²) in [6, 6.07) is 15.9. The summed E-state index contributed by atoms with van der Waals surface area (Å²) in [6.07, 6.45) is 1.97. The fraction of sp³-hybridized carbons (Fsp3) is 0. The lowest BCUT2D eigenvalue weighted by atomic mass is 10.2. The summed E-state index contributed by atoms with van der Waals surface area (Å²) in [5.41, 5.74) is 5.39. The van der Waals surface area contributed by atoms with Gasteiger partial charge >= 0.3 is 0 Å². The number of anilines is 1. The van der Waals surface area contributed by atoms with Crippen LogP contribution >= 0.6 is 27.5 Å². The molecule has 3 aromatic rings. The zero-order chi connectivity index (χ0) is 12.5. The van der Waals surface area contributed by atoms with Gasteiger partial charge in [0.15, 0.2) is 0 Å². The van der Waals surface area contributed by atoms with Gasteiger partial charge in [0, 0.05) is 16.1 Å². The number of hydrogen-bond donors (Lipinski definition) is 1. The van der Waals surface area contributed by atoms with Gasteiger partial charge in [0.05, 0.1) is 16.2 Å². The quantitative estimate of drug-likeness (QED) is 0.708. The van der Waals surface area contributed by atoms with Crippen LogP contribution in [0.25, 0.3) is 10.9 Å². The molecular weight excluding hydrogens is 312 g/mol. The summed E-state index contributed by atoms with van der Waals surface area (Å²) >= 11 is 9.74. The first-order valence-electron chi connectivity index (χ1n) is 5.53. The van der Waals surface area contributed by atoms with Crippen molar-refractivity contribution in [2.24, 2.45) is 0 Å². The summed E-state index contributed by atoms with van der Waals surface area (Å²) in [5.74, 6) is 0. The Morgan fingerprint density at radius 3 is 2.56 bits per heavy atom. The van der Waals surface area contributed by atoms with Crippen molar-refractivity contribution in [1.82, 2.24) is 4.68 Å². The van der Waals surface area contributed by atoms with E-state index in [9.17, 15) is 0 Å². The first-order valence-corrected chi connectivity index (χ1v) is 6.70. The molecule has 0 atom stereocenters. The summed E-state index contributed by atoms with van der Waals surface area (Å²) < 4.78 is 2.97. The van der Waals surface area contributed by atoms with E-state index in [4.69, 9.17) is 11.6 Å². The van der Waals surface area contributed by atoms with Crippen LogP contribution in [0.5, 0.6) is 0 Å². The van der Waals surface area contributed by atoms with E-state index in [1.807, 2.05) is 59.4 Å². The number of halogens is 2. The van der Waals surface area contributed by atoms with Gasteiger partial charge in [0.1, 0.15) is 0 Å². The standard InChI is InChI=1S/C14H10BrClN2/c15-12-6-7-13(16)11-8-9-18(14(11)12)17-10-4-2-1-3-5-10/h1-9,17H. The predicted molar refractivity (Wildman–Crippen MR) is 80.1 cm³/mol. The van der Waals surface area contributed by atoms with Crippen LogP contribution in [-0.2, 0) is 0 Å². The molecule has 0 spiro atoms. The lowest BCUT2D eigenvalue weighted by molar-refractivity contribution is 1.01. The van der Waals surface area contributed by atoms with Gasteiger partial charge in [0.2, 0.25) is 0 Å². The average molecular weight is 322 g/mol. The molecule has 1 aromatic heterocycles. The normalized spacial score (nSPS) is 10.8. The Morgan fingerprint density at radius 2 is 1.78 bits per heavy atom. The molecule has 3 rings (SSSR count).